The Kier molecular flexibility index (Phi) is 3.32. The molecule has 0 N–H and O–H groups in total. The molecule has 0 bridgehead atoms. The molecule has 25 heavy (non-hydrogen) atoms. The lowest BCUT2D eigenvalue weighted by molar-refractivity contribution is -0.385. The van der Waals surface area contributed by atoms with E-state index in [4.69, 9.17) is 0 Å². The molecule has 0 aromatic heterocycles. The van der Waals surface area contributed by atoms with Crippen LogP contribution in [0, 0.1) is 10.1 Å². The van der Waals surface area contributed by atoms with Crippen molar-refractivity contribution in [3.63, 3.8) is 0 Å². The fraction of sp³-hybridized carbons (Fsp3) is 0.0526. The second-order valence-electron chi connectivity index (χ2n) is 5.79. The first-order chi connectivity index (χ1) is 12.1. The Hall–Kier alpha value is -3.54. The largest absolute Gasteiger partial charge is 0.282 e. The van der Waals surface area contributed by atoms with E-state index in [1.807, 2.05) is 42.5 Å². The Morgan fingerprint density at radius 1 is 0.880 bits per heavy atom. The Balaban J connectivity index is 1.78. The van der Waals surface area contributed by atoms with Crippen LogP contribution in [0.2, 0.25) is 0 Å². The van der Waals surface area contributed by atoms with Crippen LogP contribution in [0.5, 0.6) is 0 Å². The molecule has 1 aliphatic heterocycles. The molecule has 4 rings (SSSR count). The van der Waals surface area contributed by atoms with Crippen molar-refractivity contribution < 1.29 is 14.5 Å². The zero-order valence-electron chi connectivity index (χ0n) is 13.0. The Bertz CT molecular complexity index is 1050. The third-order valence-electron chi connectivity index (χ3n) is 4.38. The molecule has 3 aromatic carbocycles. The minimum absolute atomic E-state index is 0.0743. The van der Waals surface area contributed by atoms with Crippen molar-refractivity contribution in [2.24, 2.45) is 0 Å². The normalized spacial score (nSPS) is 13.4. The van der Waals surface area contributed by atoms with E-state index in [0.717, 1.165) is 21.2 Å². The van der Waals surface area contributed by atoms with E-state index in [1.54, 1.807) is 0 Å². The molecule has 1 aliphatic rings. The van der Waals surface area contributed by atoms with Gasteiger partial charge in [-0.2, -0.15) is 0 Å². The van der Waals surface area contributed by atoms with Gasteiger partial charge in [0.2, 0.25) is 0 Å². The number of nitro benzene ring substituents is 1. The van der Waals surface area contributed by atoms with Crippen LogP contribution in [0.1, 0.15) is 26.3 Å². The molecule has 0 fully saturated rings. The van der Waals surface area contributed by atoms with Crippen molar-refractivity contribution in [3.05, 3.63) is 87.5 Å². The third-order valence-corrected chi connectivity index (χ3v) is 4.38. The van der Waals surface area contributed by atoms with Gasteiger partial charge < -0.3 is 0 Å². The van der Waals surface area contributed by atoms with Gasteiger partial charge in [-0.1, -0.05) is 48.5 Å². The molecule has 0 aliphatic carbocycles. The van der Waals surface area contributed by atoms with Crippen LogP contribution >= 0.6 is 0 Å². The Morgan fingerprint density at radius 3 is 2.40 bits per heavy atom. The molecule has 0 unspecified atom stereocenters. The fourth-order valence-corrected chi connectivity index (χ4v) is 3.21. The van der Waals surface area contributed by atoms with Gasteiger partial charge in [0.05, 0.1) is 17.0 Å². The highest BCUT2D eigenvalue weighted by molar-refractivity contribution is 6.23. The molecule has 2 amide bonds. The summed E-state index contributed by atoms with van der Waals surface area (Å²) in [6, 6.07) is 17.4. The molecule has 0 atom stereocenters. The average molecular weight is 332 g/mol. The van der Waals surface area contributed by atoms with E-state index in [9.17, 15) is 19.7 Å². The highest BCUT2D eigenvalue weighted by Gasteiger charge is 2.40. The number of hydrogen-bond acceptors (Lipinski definition) is 4. The summed E-state index contributed by atoms with van der Waals surface area (Å²) in [7, 11) is 0. The van der Waals surface area contributed by atoms with Gasteiger partial charge in [0.25, 0.3) is 17.5 Å². The van der Waals surface area contributed by atoms with Crippen LogP contribution in [-0.2, 0) is 6.54 Å². The van der Waals surface area contributed by atoms with Crippen LogP contribution in [0.25, 0.3) is 10.8 Å². The van der Waals surface area contributed by atoms with E-state index in [1.165, 1.54) is 18.2 Å². The number of hydrogen-bond donors (Lipinski definition) is 0. The molecular formula is C19H12N2O4. The molecule has 0 radical (unpaired) electrons. The summed E-state index contributed by atoms with van der Waals surface area (Å²) in [6.07, 6.45) is 0. The highest BCUT2D eigenvalue weighted by Crippen LogP contribution is 2.32. The molecule has 0 spiro atoms. The van der Waals surface area contributed by atoms with Crippen molar-refractivity contribution in [2.45, 2.75) is 6.54 Å². The van der Waals surface area contributed by atoms with E-state index < -0.39 is 16.7 Å². The van der Waals surface area contributed by atoms with Gasteiger partial charge in [-0.3, -0.25) is 24.6 Å². The van der Waals surface area contributed by atoms with E-state index in [0.29, 0.717) is 0 Å². The van der Waals surface area contributed by atoms with Crippen LogP contribution in [0.3, 0.4) is 0 Å². The SMILES string of the molecule is O=C1c2cccc([N+](=O)[O-])c2C(=O)N1Cc1cccc2ccccc12. The lowest BCUT2D eigenvalue weighted by atomic mass is 10.0. The van der Waals surface area contributed by atoms with Gasteiger partial charge in [-0.15, -0.1) is 0 Å². The van der Waals surface area contributed by atoms with Gasteiger partial charge in [0.1, 0.15) is 5.56 Å². The van der Waals surface area contributed by atoms with E-state index in [2.05, 4.69) is 0 Å². The van der Waals surface area contributed by atoms with Crippen molar-refractivity contribution in [1.82, 2.24) is 4.90 Å². The first kappa shape index (κ1) is 15.0. The smallest absolute Gasteiger partial charge is 0.270 e. The topological polar surface area (TPSA) is 80.5 Å². The van der Waals surface area contributed by atoms with Crippen LogP contribution in [0.4, 0.5) is 5.69 Å². The summed E-state index contributed by atoms with van der Waals surface area (Å²) in [5.74, 6) is -1.13. The van der Waals surface area contributed by atoms with Crippen LogP contribution in [0.15, 0.2) is 60.7 Å². The molecule has 3 aromatic rings. The van der Waals surface area contributed by atoms with E-state index in [-0.39, 0.29) is 23.4 Å². The molecule has 0 saturated carbocycles. The lowest BCUT2D eigenvalue weighted by Crippen LogP contribution is -2.29. The van der Waals surface area contributed by atoms with Gasteiger partial charge in [0, 0.05) is 6.07 Å². The van der Waals surface area contributed by atoms with E-state index >= 15 is 0 Å². The monoisotopic (exact) mass is 332 g/mol. The standard InChI is InChI=1S/C19H12N2O4/c22-18-15-9-4-10-16(21(24)25)17(15)19(23)20(18)11-13-7-3-6-12-5-1-2-8-14(12)13/h1-10H,11H2. The second kappa shape index (κ2) is 5.52. The summed E-state index contributed by atoms with van der Waals surface area (Å²) in [5, 5.41) is 13.1. The molecule has 122 valence electrons. The number of carbonyl (C=O) groups is 2. The first-order valence-corrected chi connectivity index (χ1v) is 7.68. The van der Waals surface area contributed by atoms with Crippen molar-refractivity contribution in [1.29, 1.82) is 0 Å². The Morgan fingerprint density at radius 2 is 1.60 bits per heavy atom. The number of amides is 2. The maximum Gasteiger partial charge on any atom is 0.282 e. The maximum absolute atomic E-state index is 12.7. The predicted octanol–water partition coefficient (Wildman–Crippen LogP) is 3.54. The predicted molar refractivity (Wildman–Crippen MR) is 91.2 cm³/mol. The summed E-state index contributed by atoms with van der Waals surface area (Å²) >= 11 is 0. The average Bonchev–Trinajstić information content (AvgIpc) is 2.87. The molecule has 1 heterocycles. The number of nitro groups is 1. The number of carbonyl (C=O) groups excluding carboxylic acids is 2. The highest BCUT2D eigenvalue weighted by atomic mass is 16.6. The van der Waals surface area contributed by atoms with Gasteiger partial charge >= 0.3 is 0 Å². The summed E-state index contributed by atoms with van der Waals surface area (Å²) < 4.78 is 0. The number of benzene rings is 3. The molecule has 0 saturated heterocycles. The zero-order valence-corrected chi connectivity index (χ0v) is 13.0. The fourth-order valence-electron chi connectivity index (χ4n) is 3.21. The van der Waals surface area contributed by atoms with Crippen molar-refractivity contribution in [3.8, 4) is 0 Å². The lowest BCUT2D eigenvalue weighted by Gasteiger charge is -2.15. The number of rotatable bonds is 3. The summed E-state index contributed by atoms with van der Waals surface area (Å²) in [6.45, 7) is 0.0743. The number of nitrogens with zero attached hydrogens (tertiary/aromatic N) is 2. The second-order valence-corrected chi connectivity index (χ2v) is 5.79. The third kappa shape index (κ3) is 2.27. The summed E-state index contributed by atoms with van der Waals surface area (Å²) in [5.41, 5.74) is 0.434. The quantitative estimate of drug-likeness (QED) is 0.417. The Labute approximate surface area is 142 Å². The zero-order chi connectivity index (χ0) is 17.6. The van der Waals surface area contributed by atoms with Crippen molar-refractivity contribution in [2.75, 3.05) is 0 Å². The number of fused-ring (bicyclic) bond motifs is 2. The van der Waals surface area contributed by atoms with Crippen molar-refractivity contribution >= 4 is 28.3 Å². The maximum atomic E-state index is 12.7. The summed E-state index contributed by atoms with van der Waals surface area (Å²) in [4.78, 5) is 36.9. The van der Waals surface area contributed by atoms with Gasteiger partial charge in [-0.25, -0.2) is 0 Å². The minimum atomic E-state index is -0.634. The van der Waals surface area contributed by atoms with Crippen LogP contribution in [-0.4, -0.2) is 21.6 Å². The molecular weight excluding hydrogens is 320 g/mol. The first-order valence-electron chi connectivity index (χ1n) is 7.68. The molecule has 6 heteroatoms. The van der Waals surface area contributed by atoms with Gasteiger partial charge in [0.15, 0.2) is 0 Å². The number of imide groups is 1. The van der Waals surface area contributed by atoms with Gasteiger partial charge in [-0.05, 0) is 22.4 Å². The minimum Gasteiger partial charge on any atom is -0.270 e. The molecule has 6 nitrogen and oxygen atoms in total. The van der Waals surface area contributed by atoms with Crippen LogP contribution < -0.4 is 0 Å².